The number of aryl methyl sites for hydroxylation is 2. The van der Waals surface area contributed by atoms with E-state index in [1.807, 2.05) is 0 Å². The molecule has 49 heavy (non-hydrogen) atoms. The van der Waals surface area contributed by atoms with Crippen molar-refractivity contribution >= 4 is 39.7 Å². The zero-order valence-corrected chi connectivity index (χ0v) is 28.1. The lowest BCUT2D eigenvalue weighted by molar-refractivity contribution is 0.636. The van der Waals surface area contributed by atoms with Gasteiger partial charge in [0.15, 0.2) is 17.9 Å². The molecule has 2 heterocycles. The van der Waals surface area contributed by atoms with E-state index in [1.54, 1.807) is 0 Å². The minimum atomic E-state index is 0.100. The van der Waals surface area contributed by atoms with E-state index >= 15 is 0 Å². The summed E-state index contributed by atoms with van der Waals surface area (Å²) in [6, 6.07) is 31.4. The lowest BCUT2D eigenvalue weighted by Crippen LogP contribution is -2.33. The fourth-order valence-electron chi connectivity index (χ4n) is 6.83. The number of fused-ring (bicyclic) bond motifs is 7. The molecule has 0 saturated heterocycles. The first kappa shape index (κ1) is 33.4. The molecule has 10 heteroatoms. The molecule has 6 rings (SSSR count). The number of nitrogens with zero attached hydrogens (tertiary/aromatic N) is 4. The molecule has 1 aliphatic heterocycles. The fraction of sp³-hybridized carbons (Fsp3) is 0.308. The molecule has 0 aliphatic carbocycles. The Morgan fingerprint density at radius 3 is 2.10 bits per heavy atom. The highest BCUT2D eigenvalue weighted by molar-refractivity contribution is 6.10. The second-order valence-corrected chi connectivity index (χ2v) is 12.9. The zero-order chi connectivity index (χ0) is 34.2. The molecule has 5 aromatic rings. The van der Waals surface area contributed by atoms with Crippen LogP contribution in [0.5, 0.6) is 0 Å². The quantitative estimate of drug-likeness (QED) is 0.0684. The lowest BCUT2D eigenvalue weighted by atomic mass is 9.92. The van der Waals surface area contributed by atoms with Crippen LogP contribution in [0.4, 0.5) is 0 Å². The lowest BCUT2D eigenvalue weighted by Gasteiger charge is -2.16. The number of unbranched alkanes of at least 4 members (excludes halogenated alkanes) is 2. The van der Waals surface area contributed by atoms with Gasteiger partial charge in [-0.3, -0.25) is 15.0 Å². The van der Waals surface area contributed by atoms with Gasteiger partial charge in [-0.25, -0.2) is 0 Å². The summed E-state index contributed by atoms with van der Waals surface area (Å²) in [4.78, 5) is 13.0. The molecule has 0 saturated carbocycles. The normalized spacial score (nSPS) is 14.9. The molecule has 254 valence electrons. The predicted octanol–water partition coefficient (Wildman–Crippen LogP) is 5.17. The van der Waals surface area contributed by atoms with Crippen LogP contribution in [0.2, 0.25) is 0 Å². The Morgan fingerprint density at radius 2 is 1.39 bits per heavy atom. The first-order valence-corrected chi connectivity index (χ1v) is 17.3. The molecular weight excluding hydrogens is 608 g/mol. The van der Waals surface area contributed by atoms with Gasteiger partial charge in [0, 0.05) is 60.4 Å². The number of hydrogen-bond donors (Lipinski definition) is 6. The predicted molar refractivity (Wildman–Crippen MR) is 206 cm³/mol. The van der Waals surface area contributed by atoms with Crippen LogP contribution in [0.3, 0.4) is 0 Å². The number of nitrogens with two attached hydrogens (primary N) is 5. The Kier molecular flexibility index (Phi) is 10.6. The Labute approximate surface area is 288 Å². The Balaban J connectivity index is 1.33. The monoisotopic (exact) mass is 656 g/mol. The Bertz CT molecular complexity index is 2000. The Hall–Kier alpha value is -5.51. The minimum Gasteiger partial charge on any atom is -0.370 e. The SMILES string of the molecule is NC(N)=NCCCCCc1cccc(-c2ccc3c4ccc5cc4n(c3c2)CCCNC(N)=NCC(CCN=C(N)N)c2cccc-5c2)c1. The molecule has 1 aliphatic rings. The summed E-state index contributed by atoms with van der Waals surface area (Å²) in [6.45, 7) is 3.32. The van der Waals surface area contributed by atoms with Crippen LogP contribution in [0, 0.1) is 0 Å². The van der Waals surface area contributed by atoms with Crippen molar-refractivity contribution in [1.29, 1.82) is 0 Å². The molecule has 0 fully saturated rings. The van der Waals surface area contributed by atoms with E-state index in [0.29, 0.717) is 25.6 Å². The summed E-state index contributed by atoms with van der Waals surface area (Å²) in [6.07, 6.45) is 5.86. The van der Waals surface area contributed by atoms with Crippen LogP contribution in [0.1, 0.15) is 49.1 Å². The van der Waals surface area contributed by atoms with E-state index in [9.17, 15) is 0 Å². The van der Waals surface area contributed by atoms with Gasteiger partial charge in [0.2, 0.25) is 0 Å². The Morgan fingerprint density at radius 1 is 0.735 bits per heavy atom. The molecule has 4 aromatic carbocycles. The van der Waals surface area contributed by atoms with Gasteiger partial charge in [0.25, 0.3) is 0 Å². The average Bonchev–Trinajstić information content (AvgIpc) is 3.41. The molecule has 1 atom stereocenters. The van der Waals surface area contributed by atoms with E-state index < -0.39 is 0 Å². The molecule has 4 bridgehead atoms. The number of nitrogens with one attached hydrogen (secondary N) is 1. The van der Waals surface area contributed by atoms with Crippen molar-refractivity contribution in [3.05, 3.63) is 96.1 Å². The van der Waals surface area contributed by atoms with E-state index in [-0.39, 0.29) is 17.8 Å². The minimum absolute atomic E-state index is 0.100. The van der Waals surface area contributed by atoms with Crippen LogP contribution < -0.4 is 34.0 Å². The van der Waals surface area contributed by atoms with E-state index in [0.717, 1.165) is 51.6 Å². The van der Waals surface area contributed by atoms with Gasteiger partial charge in [0.1, 0.15) is 0 Å². The molecule has 0 spiro atoms. The largest absolute Gasteiger partial charge is 0.370 e. The maximum absolute atomic E-state index is 6.34. The topological polar surface area (TPSA) is 184 Å². The first-order chi connectivity index (χ1) is 23.9. The van der Waals surface area contributed by atoms with Gasteiger partial charge < -0.3 is 38.6 Å². The van der Waals surface area contributed by atoms with E-state index in [1.165, 1.54) is 55.2 Å². The highest BCUT2D eigenvalue weighted by Gasteiger charge is 2.16. The third-order valence-corrected chi connectivity index (χ3v) is 9.36. The highest BCUT2D eigenvalue weighted by Crippen LogP contribution is 2.36. The van der Waals surface area contributed by atoms with Crippen LogP contribution in [0.25, 0.3) is 44.1 Å². The van der Waals surface area contributed by atoms with Crippen molar-refractivity contribution in [1.82, 2.24) is 9.88 Å². The standard InChI is InChI=1S/C39H48N10/c40-37(41)45-17-3-1-2-7-26-8-4-9-27(21-26)30-12-14-33-34-15-13-31-24-36(34)49(35(33)23-30)20-6-18-47-39(44)48-25-32(16-19-46-38(42)43)29-11-5-10-28(31)22-29/h4-5,8-15,21-24,32H,1-3,6-7,16-20,25H2,(H4,40,41,45)(H4,42,43,46)(H3,44,47,48). The zero-order valence-electron chi connectivity index (χ0n) is 28.1. The first-order valence-electron chi connectivity index (χ1n) is 17.3. The number of hydrogen-bond acceptors (Lipinski definition) is 5. The van der Waals surface area contributed by atoms with Gasteiger partial charge in [-0.1, -0.05) is 79.2 Å². The van der Waals surface area contributed by atoms with Crippen molar-refractivity contribution in [3.8, 4) is 22.3 Å². The highest BCUT2D eigenvalue weighted by atomic mass is 15.1. The van der Waals surface area contributed by atoms with Gasteiger partial charge in [-0.05, 0) is 77.6 Å². The third-order valence-electron chi connectivity index (χ3n) is 9.36. The smallest absolute Gasteiger partial charge is 0.188 e. The maximum atomic E-state index is 6.34. The van der Waals surface area contributed by atoms with Crippen molar-refractivity contribution in [2.45, 2.75) is 51.0 Å². The number of rotatable bonds is 10. The van der Waals surface area contributed by atoms with Gasteiger partial charge in [-0.15, -0.1) is 0 Å². The fourth-order valence-corrected chi connectivity index (χ4v) is 6.83. The summed E-state index contributed by atoms with van der Waals surface area (Å²) >= 11 is 0. The van der Waals surface area contributed by atoms with Crippen LogP contribution in [0.15, 0.2) is 99.9 Å². The maximum Gasteiger partial charge on any atom is 0.188 e. The van der Waals surface area contributed by atoms with Crippen molar-refractivity contribution in [2.24, 2.45) is 43.6 Å². The molecule has 11 N–H and O–H groups in total. The number of benzene rings is 4. The molecular formula is C39H48N10. The average molecular weight is 657 g/mol. The molecule has 1 unspecified atom stereocenters. The second-order valence-electron chi connectivity index (χ2n) is 12.9. The van der Waals surface area contributed by atoms with E-state index in [4.69, 9.17) is 33.7 Å². The van der Waals surface area contributed by atoms with Crippen molar-refractivity contribution in [2.75, 3.05) is 26.2 Å². The van der Waals surface area contributed by atoms with Crippen molar-refractivity contribution in [3.63, 3.8) is 0 Å². The third kappa shape index (κ3) is 8.32. The van der Waals surface area contributed by atoms with E-state index in [2.05, 4.69) is 105 Å². The molecule has 0 amide bonds. The summed E-state index contributed by atoms with van der Waals surface area (Å²) in [7, 11) is 0. The van der Waals surface area contributed by atoms with Crippen LogP contribution >= 0.6 is 0 Å². The summed E-state index contributed by atoms with van der Waals surface area (Å²) in [5.41, 5.74) is 38.2. The number of guanidine groups is 3. The molecule has 0 radical (unpaired) electrons. The van der Waals surface area contributed by atoms with Gasteiger partial charge in [0.05, 0.1) is 0 Å². The van der Waals surface area contributed by atoms with Crippen LogP contribution in [-0.4, -0.2) is 48.6 Å². The van der Waals surface area contributed by atoms with Gasteiger partial charge in [-0.2, -0.15) is 0 Å². The summed E-state index contributed by atoms with van der Waals surface area (Å²) in [5, 5.41) is 5.85. The number of aromatic nitrogens is 1. The second kappa shape index (κ2) is 15.6. The summed E-state index contributed by atoms with van der Waals surface area (Å²) < 4.78 is 2.47. The van der Waals surface area contributed by atoms with Crippen LogP contribution in [-0.2, 0) is 13.0 Å². The number of aliphatic imine (C=N–C) groups is 3. The van der Waals surface area contributed by atoms with Crippen molar-refractivity contribution < 1.29 is 0 Å². The van der Waals surface area contributed by atoms with Gasteiger partial charge >= 0.3 is 0 Å². The molecule has 1 aromatic heterocycles. The molecule has 10 nitrogen and oxygen atoms in total. The summed E-state index contributed by atoms with van der Waals surface area (Å²) in [5.74, 6) is 0.841.